The highest BCUT2D eigenvalue weighted by Gasteiger charge is 2.75. The Hall–Kier alpha value is -1.51. The van der Waals surface area contributed by atoms with E-state index in [-0.39, 0.29) is 82.0 Å². The van der Waals surface area contributed by atoms with E-state index in [9.17, 15) is 45.6 Å². The van der Waals surface area contributed by atoms with E-state index in [1.165, 1.54) is 13.0 Å². The molecule has 4 unspecified atom stereocenters. The van der Waals surface area contributed by atoms with Crippen LogP contribution in [-0.4, -0.2) is 164 Å². The number of esters is 1. The highest BCUT2D eigenvalue weighted by Crippen LogP contribution is 2.70. The van der Waals surface area contributed by atoms with E-state index in [1.54, 1.807) is 0 Å². The number of cyclic esters (lactones) is 1. The first-order valence-electron chi connectivity index (χ1n) is 14.9. The third-order valence-electron chi connectivity index (χ3n) is 12.2. The molecule has 296 valence electrons. The Morgan fingerprint density at radius 3 is 2.04 bits per heavy atom. The van der Waals surface area contributed by atoms with Crippen LogP contribution in [0, 0.1) is 28.6 Å². The fourth-order valence-corrected chi connectivity index (χ4v) is 10.1. The van der Waals surface area contributed by atoms with Gasteiger partial charge in [0.25, 0.3) is 0 Å². The van der Waals surface area contributed by atoms with Crippen molar-refractivity contribution in [1.29, 1.82) is 0 Å². The predicted molar refractivity (Wildman–Crippen MR) is 168 cm³/mol. The average Bonchev–Trinajstić information content (AvgIpc) is 3.45. The van der Waals surface area contributed by atoms with Gasteiger partial charge in [0.15, 0.2) is 6.29 Å². The van der Waals surface area contributed by atoms with E-state index < -0.39 is 95.5 Å². The first-order chi connectivity index (χ1) is 19.2. The lowest BCUT2D eigenvalue weighted by Crippen LogP contribution is -2.76. The van der Waals surface area contributed by atoms with Gasteiger partial charge in [-0.3, -0.25) is 0 Å². The Morgan fingerprint density at radius 1 is 0.878 bits per heavy atom. The van der Waals surface area contributed by atoms with Crippen LogP contribution < -0.4 is 0 Å². The summed E-state index contributed by atoms with van der Waals surface area (Å²) >= 11 is 0. The van der Waals surface area contributed by atoms with Gasteiger partial charge in [-0.15, -0.1) is 0 Å². The summed E-state index contributed by atoms with van der Waals surface area (Å²) in [5.41, 5.74) is -4.46. The Labute approximate surface area is 282 Å². The summed E-state index contributed by atoms with van der Waals surface area (Å²) in [6.45, 7) is 3.00. The Kier molecular flexibility index (Phi) is 18.3. The van der Waals surface area contributed by atoms with Crippen molar-refractivity contribution in [3.63, 3.8) is 0 Å². The summed E-state index contributed by atoms with van der Waals surface area (Å²) in [6, 6.07) is 0. The zero-order valence-electron chi connectivity index (χ0n) is 27.5. The molecule has 15 atom stereocenters. The molecule has 0 radical (unpaired) electrons. The van der Waals surface area contributed by atoms with E-state index in [0.717, 1.165) is 5.57 Å². The summed E-state index contributed by atoms with van der Waals surface area (Å²) < 4.78 is 16.7. The standard InChI is InChI=1S/C29H44O12.8H2O/c1-13-22(34)23(35)24(36)25(40-13)41-15-8-19(32)28(12-30)21-17(3-5-27(28,37)9-15)29(38)6-4-16(14-7-20(33)39-11-14)26(29,2)10-18(21)31;;;;;;;;/h7,13,15-19,21-25,30-32,34-38H,3-6,8-12H2,1-2H3;8*1H2/t13-,15-,16+,17+,18+,19+,21+,22-,23+,24+,25-,26?,27?,28?,29?;;;;;;;;/m0......../s1. The molecule has 5 fully saturated rings. The van der Waals surface area contributed by atoms with Crippen molar-refractivity contribution >= 4 is 5.97 Å². The topological polar surface area (TPSA) is 459 Å². The van der Waals surface area contributed by atoms with Crippen LogP contribution in [0.4, 0.5) is 0 Å². The quantitative estimate of drug-likeness (QED) is 0.0988. The number of aliphatic hydroxyl groups excluding tert-OH is 6. The normalized spacial score (nSPS) is 47.6. The Balaban J connectivity index is -0.00000264. The van der Waals surface area contributed by atoms with Gasteiger partial charge < -0.3 is 98.9 Å². The van der Waals surface area contributed by atoms with Gasteiger partial charge in [0, 0.05) is 30.3 Å². The Bertz CT molecular complexity index is 1100. The molecule has 24 N–H and O–H groups in total. The molecule has 6 aliphatic rings. The van der Waals surface area contributed by atoms with Crippen LogP contribution in [0.15, 0.2) is 11.6 Å². The van der Waals surface area contributed by atoms with Crippen molar-refractivity contribution in [2.24, 2.45) is 28.6 Å². The van der Waals surface area contributed by atoms with Gasteiger partial charge in [0.05, 0.1) is 47.6 Å². The maximum atomic E-state index is 12.4. The first kappa shape index (κ1) is 51.9. The monoisotopic (exact) mass is 728 g/mol. The minimum absolute atomic E-state index is 0. The molecule has 20 nitrogen and oxygen atoms in total. The molecule has 0 bridgehead atoms. The lowest BCUT2D eigenvalue weighted by atomic mass is 9.40. The van der Waals surface area contributed by atoms with Gasteiger partial charge in [-0.1, -0.05) is 6.92 Å². The zero-order chi connectivity index (χ0) is 29.7. The highest BCUT2D eigenvalue weighted by atomic mass is 16.7. The number of rotatable bonds is 4. The van der Waals surface area contributed by atoms with Gasteiger partial charge in [-0.2, -0.15) is 0 Å². The highest BCUT2D eigenvalue weighted by molar-refractivity contribution is 5.85. The number of hydrogen-bond donors (Lipinski definition) is 8. The predicted octanol–water partition coefficient (Wildman–Crippen LogP) is -8.11. The molecule has 2 aliphatic heterocycles. The van der Waals surface area contributed by atoms with Crippen LogP contribution in [0.3, 0.4) is 0 Å². The Morgan fingerprint density at radius 2 is 1.49 bits per heavy atom. The molecule has 20 heteroatoms. The molecule has 0 aromatic rings. The van der Waals surface area contributed by atoms with E-state index in [0.29, 0.717) is 19.3 Å². The fraction of sp³-hybridized carbons (Fsp3) is 0.897. The maximum Gasteiger partial charge on any atom is 0.331 e. The van der Waals surface area contributed by atoms with Crippen molar-refractivity contribution in [3.05, 3.63) is 11.6 Å². The number of ether oxygens (including phenoxy) is 3. The van der Waals surface area contributed by atoms with Crippen LogP contribution in [0.5, 0.6) is 0 Å². The molecule has 0 aromatic carbocycles. The molecule has 6 rings (SSSR count). The average molecular weight is 729 g/mol. The lowest BCUT2D eigenvalue weighted by Gasteiger charge is -2.68. The van der Waals surface area contributed by atoms with Crippen LogP contribution in [0.2, 0.25) is 0 Å². The molecule has 0 spiro atoms. The second-order valence-corrected chi connectivity index (χ2v) is 13.8. The van der Waals surface area contributed by atoms with Gasteiger partial charge in [0.2, 0.25) is 0 Å². The van der Waals surface area contributed by atoms with Crippen molar-refractivity contribution < 1.29 is 104 Å². The third kappa shape index (κ3) is 7.02. The lowest BCUT2D eigenvalue weighted by molar-refractivity contribution is -0.342. The van der Waals surface area contributed by atoms with Crippen molar-refractivity contribution in [2.75, 3.05) is 13.2 Å². The molecule has 0 aromatic heterocycles. The van der Waals surface area contributed by atoms with Crippen molar-refractivity contribution in [2.45, 2.75) is 119 Å². The summed E-state index contributed by atoms with van der Waals surface area (Å²) in [5, 5.41) is 89.6. The van der Waals surface area contributed by atoms with E-state index >= 15 is 0 Å². The van der Waals surface area contributed by atoms with E-state index in [2.05, 4.69) is 0 Å². The summed E-state index contributed by atoms with van der Waals surface area (Å²) in [7, 11) is 0. The van der Waals surface area contributed by atoms with Crippen LogP contribution in [-0.2, 0) is 19.0 Å². The largest absolute Gasteiger partial charge is 0.458 e. The van der Waals surface area contributed by atoms with Crippen LogP contribution in [0.1, 0.15) is 58.8 Å². The van der Waals surface area contributed by atoms with Gasteiger partial charge >= 0.3 is 5.97 Å². The summed E-state index contributed by atoms with van der Waals surface area (Å²) in [4.78, 5) is 11.8. The van der Waals surface area contributed by atoms with E-state index in [1.807, 2.05) is 6.92 Å². The number of fused-ring (bicyclic) bond motifs is 5. The smallest absolute Gasteiger partial charge is 0.331 e. The van der Waals surface area contributed by atoms with Gasteiger partial charge in [-0.25, -0.2) is 4.79 Å². The van der Waals surface area contributed by atoms with Crippen LogP contribution >= 0.6 is 0 Å². The van der Waals surface area contributed by atoms with E-state index in [4.69, 9.17) is 14.2 Å². The first-order valence-corrected chi connectivity index (χ1v) is 14.9. The maximum absolute atomic E-state index is 12.4. The summed E-state index contributed by atoms with van der Waals surface area (Å²) in [6.07, 6.45) is -6.68. The molecule has 0 amide bonds. The molecule has 1 saturated heterocycles. The molecule has 2 heterocycles. The van der Waals surface area contributed by atoms with Gasteiger partial charge in [-0.05, 0) is 56.4 Å². The third-order valence-corrected chi connectivity index (χ3v) is 12.2. The SMILES string of the molecule is C[C@@H]1O[C@@H](O[C@H]2C[C@@H](O)C3(CO)[C@H]4[C@H](O)CC5(C)[C@@H](C6=CC(=O)OC6)CCC5(O)[C@@H]4CCC3(O)C2)[C@H](O)[C@H](O)[C@H]1O.O.O.O.O.O.O.O.O. The second-order valence-electron chi connectivity index (χ2n) is 13.8. The fourth-order valence-electron chi connectivity index (χ4n) is 10.1. The number of carbonyl (C=O) groups excluding carboxylic acids is 1. The minimum atomic E-state index is -1.67. The number of aliphatic hydroxyl groups is 8. The van der Waals surface area contributed by atoms with Crippen molar-refractivity contribution in [3.8, 4) is 0 Å². The van der Waals surface area contributed by atoms with Crippen molar-refractivity contribution in [1.82, 2.24) is 0 Å². The molecular weight excluding hydrogens is 668 g/mol. The number of carbonyl (C=O) groups is 1. The van der Waals surface area contributed by atoms with Gasteiger partial charge in [0.1, 0.15) is 24.9 Å². The molecule has 4 saturated carbocycles. The summed E-state index contributed by atoms with van der Waals surface area (Å²) in [5.74, 6) is -1.93. The minimum Gasteiger partial charge on any atom is -0.458 e. The molecule has 49 heavy (non-hydrogen) atoms. The van der Waals surface area contributed by atoms with Crippen LogP contribution in [0.25, 0.3) is 0 Å². The molecular formula is C29H60O20. The second kappa shape index (κ2) is 17.3. The zero-order valence-corrected chi connectivity index (χ0v) is 27.5. The molecule has 4 aliphatic carbocycles. The number of hydrogen-bond acceptors (Lipinski definition) is 12.